The van der Waals surface area contributed by atoms with Gasteiger partial charge in [-0.2, -0.15) is 23.5 Å². The van der Waals surface area contributed by atoms with Crippen molar-refractivity contribution in [1.29, 1.82) is 5.26 Å². The molecule has 13 heteroatoms. The summed E-state index contributed by atoms with van der Waals surface area (Å²) in [6.45, 7) is 4.68. The van der Waals surface area contributed by atoms with E-state index in [0.29, 0.717) is 51.1 Å². The van der Waals surface area contributed by atoms with Crippen molar-refractivity contribution in [3.8, 4) is 6.07 Å². The van der Waals surface area contributed by atoms with Crippen LogP contribution in [0.15, 0.2) is 29.3 Å². The number of pyridine rings is 1. The first kappa shape index (κ1) is 26.4. The highest BCUT2D eigenvalue weighted by Gasteiger charge is 2.40. The molecule has 0 radical (unpaired) electrons. The van der Waals surface area contributed by atoms with Crippen LogP contribution in [0.5, 0.6) is 0 Å². The van der Waals surface area contributed by atoms with E-state index < -0.39 is 23.2 Å². The molecule has 0 unspecified atom stereocenters. The van der Waals surface area contributed by atoms with E-state index in [4.69, 9.17) is 10.00 Å². The first-order chi connectivity index (χ1) is 17.7. The minimum absolute atomic E-state index is 0.0473. The Balaban J connectivity index is 1.28. The molecule has 0 bridgehead atoms. The van der Waals surface area contributed by atoms with Crippen LogP contribution >= 0.6 is 0 Å². The number of carbonyl (C=O) groups excluding carboxylic acids is 1. The Morgan fingerprint density at radius 3 is 2.65 bits per heavy atom. The lowest BCUT2D eigenvalue weighted by molar-refractivity contribution is -0.139. The van der Waals surface area contributed by atoms with Crippen LogP contribution in [0.2, 0.25) is 0 Å². The monoisotopic (exact) mass is 519 g/mol. The average molecular weight is 520 g/mol. The summed E-state index contributed by atoms with van der Waals surface area (Å²) < 4.78 is 46.3. The summed E-state index contributed by atoms with van der Waals surface area (Å²) in [6, 6.07) is 5.18. The molecule has 2 aliphatic rings. The molecular weight excluding hydrogens is 491 g/mol. The van der Waals surface area contributed by atoms with Gasteiger partial charge in [-0.15, -0.1) is 0 Å². The second-order valence-electron chi connectivity index (χ2n) is 9.21. The SMILES string of the molecule is C[C@@H](COC[C@H]1CCCN1c1cn[nH]c(=O)c1C(F)(F)F)C(=O)N1CCN(c2ccc(C#N)cn2)CC1. The molecule has 0 aliphatic carbocycles. The zero-order chi connectivity index (χ0) is 26.6. The summed E-state index contributed by atoms with van der Waals surface area (Å²) in [5.41, 5.74) is -2.29. The molecule has 0 spiro atoms. The van der Waals surface area contributed by atoms with E-state index in [2.05, 4.69) is 15.0 Å². The topological polar surface area (TPSA) is 118 Å². The van der Waals surface area contributed by atoms with Crippen molar-refractivity contribution in [3.63, 3.8) is 0 Å². The van der Waals surface area contributed by atoms with Gasteiger partial charge in [0.05, 0.1) is 42.6 Å². The van der Waals surface area contributed by atoms with Crippen LogP contribution in [-0.4, -0.2) is 78.0 Å². The number of halogens is 3. The Labute approximate surface area is 211 Å². The van der Waals surface area contributed by atoms with Gasteiger partial charge in [0.2, 0.25) is 5.91 Å². The normalized spacial score (nSPS) is 19.1. The number of ether oxygens (including phenoxy) is 1. The van der Waals surface area contributed by atoms with E-state index >= 15 is 0 Å². The number of aromatic amines is 1. The van der Waals surface area contributed by atoms with Crippen molar-refractivity contribution in [3.05, 3.63) is 46.0 Å². The van der Waals surface area contributed by atoms with Gasteiger partial charge >= 0.3 is 6.18 Å². The third-order valence-corrected chi connectivity index (χ3v) is 6.70. The van der Waals surface area contributed by atoms with Crippen LogP contribution in [0.4, 0.5) is 24.7 Å². The van der Waals surface area contributed by atoms with Crippen molar-refractivity contribution < 1.29 is 22.7 Å². The molecule has 0 aromatic carbocycles. The van der Waals surface area contributed by atoms with Gasteiger partial charge in [0, 0.05) is 38.9 Å². The summed E-state index contributed by atoms with van der Waals surface area (Å²) in [5.74, 6) is 0.295. The van der Waals surface area contributed by atoms with Gasteiger partial charge in [-0.1, -0.05) is 6.92 Å². The molecule has 2 saturated heterocycles. The molecule has 10 nitrogen and oxygen atoms in total. The maximum Gasteiger partial charge on any atom is 0.423 e. The number of nitrogens with one attached hydrogen (secondary N) is 1. The number of hydrogen-bond acceptors (Lipinski definition) is 8. The van der Waals surface area contributed by atoms with E-state index in [-0.39, 0.29) is 30.9 Å². The van der Waals surface area contributed by atoms with Crippen molar-refractivity contribution in [2.24, 2.45) is 5.92 Å². The molecule has 2 aliphatic heterocycles. The third-order valence-electron chi connectivity index (χ3n) is 6.70. The minimum atomic E-state index is -4.80. The zero-order valence-electron chi connectivity index (χ0n) is 20.4. The van der Waals surface area contributed by atoms with Crippen molar-refractivity contribution in [1.82, 2.24) is 20.1 Å². The number of hydrogen-bond donors (Lipinski definition) is 1. The summed E-state index contributed by atoms with van der Waals surface area (Å²) >= 11 is 0. The van der Waals surface area contributed by atoms with E-state index in [1.165, 1.54) is 11.1 Å². The highest BCUT2D eigenvalue weighted by atomic mass is 19.4. The van der Waals surface area contributed by atoms with Gasteiger partial charge in [-0.25, -0.2) is 10.1 Å². The lowest BCUT2D eigenvalue weighted by Crippen LogP contribution is -2.50. The first-order valence-corrected chi connectivity index (χ1v) is 12.1. The molecule has 198 valence electrons. The molecule has 2 aromatic heterocycles. The molecule has 4 heterocycles. The molecule has 2 fully saturated rings. The number of H-pyrrole nitrogens is 1. The largest absolute Gasteiger partial charge is 0.423 e. The number of rotatable bonds is 7. The van der Waals surface area contributed by atoms with Gasteiger partial charge in [0.25, 0.3) is 5.56 Å². The maximum atomic E-state index is 13.5. The van der Waals surface area contributed by atoms with Gasteiger partial charge in [0.15, 0.2) is 0 Å². The van der Waals surface area contributed by atoms with Crippen LogP contribution in [0.25, 0.3) is 0 Å². The summed E-state index contributed by atoms with van der Waals surface area (Å²) in [4.78, 5) is 34.4. The predicted molar refractivity (Wildman–Crippen MR) is 128 cm³/mol. The van der Waals surface area contributed by atoms with Crippen LogP contribution in [0.3, 0.4) is 0 Å². The molecule has 0 saturated carbocycles. The fourth-order valence-corrected chi connectivity index (χ4v) is 4.77. The van der Waals surface area contributed by atoms with Crippen molar-refractivity contribution in [2.45, 2.75) is 32.0 Å². The quantitative estimate of drug-likeness (QED) is 0.591. The van der Waals surface area contributed by atoms with E-state index in [9.17, 15) is 22.8 Å². The molecular formula is C24H28F3N7O3. The fraction of sp³-hybridized carbons (Fsp3) is 0.542. The Kier molecular flexibility index (Phi) is 7.97. The molecule has 2 aromatic rings. The Morgan fingerprint density at radius 2 is 2.00 bits per heavy atom. The smallest absolute Gasteiger partial charge is 0.379 e. The van der Waals surface area contributed by atoms with E-state index in [1.54, 1.807) is 24.0 Å². The van der Waals surface area contributed by atoms with Crippen LogP contribution in [0.1, 0.15) is 30.9 Å². The third kappa shape index (κ3) is 6.02. The van der Waals surface area contributed by atoms with Crippen LogP contribution in [0, 0.1) is 17.2 Å². The average Bonchev–Trinajstić information content (AvgIpc) is 3.36. The number of aromatic nitrogens is 3. The highest BCUT2D eigenvalue weighted by Crippen LogP contribution is 2.36. The lowest BCUT2D eigenvalue weighted by atomic mass is 10.1. The van der Waals surface area contributed by atoms with Gasteiger partial charge in [-0.3, -0.25) is 9.59 Å². The number of amides is 1. The first-order valence-electron chi connectivity index (χ1n) is 12.1. The number of nitriles is 1. The number of anilines is 2. The zero-order valence-corrected chi connectivity index (χ0v) is 20.4. The molecule has 37 heavy (non-hydrogen) atoms. The Morgan fingerprint density at radius 1 is 1.24 bits per heavy atom. The Hall–Kier alpha value is -3.66. The summed E-state index contributed by atoms with van der Waals surface area (Å²) in [5, 5.41) is 14.3. The number of nitrogens with zero attached hydrogens (tertiary/aromatic N) is 6. The second-order valence-corrected chi connectivity index (χ2v) is 9.21. The second kappa shape index (κ2) is 11.2. The van der Waals surface area contributed by atoms with Crippen molar-refractivity contribution in [2.75, 3.05) is 55.7 Å². The molecule has 1 N–H and O–H groups in total. The molecule has 2 atom stereocenters. The van der Waals surface area contributed by atoms with Crippen LogP contribution in [-0.2, 0) is 15.7 Å². The minimum Gasteiger partial charge on any atom is -0.379 e. The maximum absolute atomic E-state index is 13.5. The van der Waals surface area contributed by atoms with Gasteiger partial charge in [-0.05, 0) is 25.0 Å². The summed E-state index contributed by atoms with van der Waals surface area (Å²) in [6.07, 6.45) is -0.987. The lowest BCUT2D eigenvalue weighted by Gasteiger charge is -2.36. The number of carbonyl (C=O) groups is 1. The van der Waals surface area contributed by atoms with E-state index in [0.717, 1.165) is 12.0 Å². The molecule has 1 amide bonds. The van der Waals surface area contributed by atoms with Gasteiger partial charge < -0.3 is 19.4 Å². The number of alkyl halides is 3. The predicted octanol–water partition coefficient (Wildman–Crippen LogP) is 2.03. The molecule has 4 rings (SSSR count). The van der Waals surface area contributed by atoms with Crippen LogP contribution < -0.4 is 15.4 Å². The fourth-order valence-electron chi connectivity index (χ4n) is 4.77. The summed E-state index contributed by atoms with van der Waals surface area (Å²) in [7, 11) is 0. The van der Waals surface area contributed by atoms with Crippen molar-refractivity contribution >= 4 is 17.4 Å². The standard InChI is InChI=1S/C24H28F3N7O3/c1-16(23(36)33-9-7-32(8-10-33)20-5-4-17(11-28)12-29-20)14-37-15-18-3-2-6-34(18)19-13-30-31-22(35)21(19)24(25,26)27/h4-5,12-13,16,18H,2-3,6-10,14-15H2,1H3,(H,31,35)/t16-,18+/m0/s1. The highest BCUT2D eigenvalue weighted by molar-refractivity contribution is 5.79. The van der Waals surface area contributed by atoms with E-state index in [1.807, 2.05) is 11.2 Å². The number of piperazine rings is 1. The Bertz CT molecular complexity index is 1190. The van der Waals surface area contributed by atoms with Gasteiger partial charge in [0.1, 0.15) is 17.5 Å².